The topological polar surface area (TPSA) is 64.9 Å². The van der Waals surface area contributed by atoms with Gasteiger partial charge in [0.05, 0.1) is 6.04 Å². The minimum atomic E-state index is -0.147. The molecule has 0 amide bonds. The second-order valence-electron chi connectivity index (χ2n) is 2.93. The first-order valence-corrected chi connectivity index (χ1v) is 3.70. The van der Waals surface area contributed by atoms with Crippen molar-refractivity contribution in [1.82, 2.24) is 10.1 Å². The van der Waals surface area contributed by atoms with E-state index in [4.69, 9.17) is 10.3 Å². The summed E-state index contributed by atoms with van der Waals surface area (Å²) in [6.45, 7) is 5.83. The molecule has 1 rings (SSSR count). The Bertz CT molecular complexity index is 212. The Hall–Kier alpha value is -0.610. The Morgan fingerprint density at radius 1 is 1.33 bits per heavy atom. The van der Waals surface area contributed by atoms with Crippen LogP contribution in [0.25, 0.3) is 0 Å². The molecule has 12 heavy (non-hydrogen) atoms. The van der Waals surface area contributed by atoms with Crippen molar-refractivity contribution in [3.63, 3.8) is 0 Å². The molecule has 1 aromatic rings. The third kappa shape index (κ3) is 2.46. The highest BCUT2D eigenvalue weighted by Crippen LogP contribution is 2.13. The van der Waals surface area contributed by atoms with Crippen LogP contribution in [0.4, 0.5) is 0 Å². The van der Waals surface area contributed by atoms with E-state index in [0.29, 0.717) is 11.7 Å². The van der Waals surface area contributed by atoms with Crippen LogP contribution in [0.3, 0.4) is 0 Å². The summed E-state index contributed by atoms with van der Waals surface area (Å²) in [4.78, 5) is 4.11. The summed E-state index contributed by atoms with van der Waals surface area (Å²) in [7, 11) is 0. The second-order valence-corrected chi connectivity index (χ2v) is 2.93. The van der Waals surface area contributed by atoms with Crippen LogP contribution in [0.1, 0.15) is 44.4 Å². The molecule has 0 aliphatic heterocycles. The average Bonchev–Trinajstić information content (AvgIpc) is 2.33. The predicted octanol–water partition coefficient (Wildman–Crippen LogP) is 1.63. The Labute approximate surface area is 77.9 Å². The standard InChI is InChI=1S/C7H13N3O.ClH/c1-4(2)7-9-6(5(3)8)10-11-7;/h4-5H,8H2,1-3H3;1H. The maximum atomic E-state index is 5.54. The summed E-state index contributed by atoms with van der Waals surface area (Å²) >= 11 is 0. The third-order valence-electron chi connectivity index (χ3n) is 1.36. The van der Waals surface area contributed by atoms with Crippen molar-refractivity contribution in [3.05, 3.63) is 11.7 Å². The summed E-state index contributed by atoms with van der Waals surface area (Å²) in [5.74, 6) is 1.50. The van der Waals surface area contributed by atoms with Crippen molar-refractivity contribution < 1.29 is 4.52 Å². The highest BCUT2D eigenvalue weighted by molar-refractivity contribution is 5.85. The molecule has 2 N–H and O–H groups in total. The van der Waals surface area contributed by atoms with Gasteiger partial charge in [0.15, 0.2) is 5.82 Å². The van der Waals surface area contributed by atoms with Gasteiger partial charge in [0.25, 0.3) is 0 Å². The van der Waals surface area contributed by atoms with Gasteiger partial charge in [-0.25, -0.2) is 0 Å². The predicted molar refractivity (Wildman–Crippen MR) is 48.2 cm³/mol. The molecule has 1 unspecified atom stereocenters. The van der Waals surface area contributed by atoms with Crippen LogP contribution in [0.5, 0.6) is 0 Å². The Balaban J connectivity index is 0.00000121. The van der Waals surface area contributed by atoms with E-state index in [1.807, 2.05) is 20.8 Å². The Morgan fingerprint density at radius 2 is 1.92 bits per heavy atom. The minimum absolute atomic E-state index is 0. The molecule has 0 radical (unpaired) electrons. The quantitative estimate of drug-likeness (QED) is 0.772. The van der Waals surface area contributed by atoms with Gasteiger partial charge in [-0.15, -0.1) is 12.4 Å². The fraction of sp³-hybridized carbons (Fsp3) is 0.714. The molecule has 1 heterocycles. The lowest BCUT2D eigenvalue weighted by atomic mass is 10.2. The van der Waals surface area contributed by atoms with Crippen LogP contribution >= 0.6 is 12.4 Å². The van der Waals surface area contributed by atoms with Crippen molar-refractivity contribution in [1.29, 1.82) is 0 Å². The first-order valence-electron chi connectivity index (χ1n) is 3.70. The van der Waals surface area contributed by atoms with Crippen LogP contribution in [0, 0.1) is 0 Å². The molecule has 5 heteroatoms. The largest absolute Gasteiger partial charge is 0.339 e. The van der Waals surface area contributed by atoms with E-state index in [2.05, 4.69) is 10.1 Å². The molecule has 0 aromatic carbocycles. The number of hydrogen-bond donors (Lipinski definition) is 1. The lowest BCUT2D eigenvalue weighted by Crippen LogP contribution is -2.06. The monoisotopic (exact) mass is 191 g/mol. The summed E-state index contributed by atoms with van der Waals surface area (Å²) in [5, 5.41) is 3.73. The van der Waals surface area contributed by atoms with E-state index in [0.717, 1.165) is 0 Å². The first kappa shape index (κ1) is 11.4. The third-order valence-corrected chi connectivity index (χ3v) is 1.36. The fourth-order valence-corrected chi connectivity index (χ4v) is 0.667. The van der Waals surface area contributed by atoms with Crippen LogP contribution in [-0.2, 0) is 0 Å². The second kappa shape index (κ2) is 4.42. The van der Waals surface area contributed by atoms with Crippen molar-refractivity contribution >= 4 is 12.4 Å². The van der Waals surface area contributed by atoms with E-state index in [-0.39, 0.29) is 24.4 Å². The smallest absolute Gasteiger partial charge is 0.229 e. The zero-order valence-corrected chi connectivity index (χ0v) is 8.26. The Morgan fingerprint density at radius 3 is 2.17 bits per heavy atom. The first-order chi connectivity index (χ1) is 5.11. The summed E-state index contributed by atoms with van der Waals surface area (Å²) in [6.07, 6.45) is 0. The van der Waals surface area contributed by atoms with Gasteiger partial charge in [0, 0.05) is 5.92 Å². The normalized spacial score (nSPS) is 12.8. The van der Waals surface area contributed by atoms with E-state index in [9.17, 15) is 0 Å². The van der Waals surface area contributed by atoms with Gasteiger partial charge in [0.1, 0.15) is 0 Å². The summed E-state index contributed by atoms with van der Waals surface area (Å²) in [5.41, 5.74) is 5.54. The van der Waals surface area contributed by atoms with Crippen LogP contribution in [-0.4, -0.2) is 10.1 Å². The molecule has 0 saturated carbocycles. The number of aromatic nitrogens is 2. The van der Waals surface area contributed by atoms with Gasteiger partial charge in [0.2, 0.25) is 5.89 Å². The maximum absolute atomic E-state index is 5.54. The molecular formula is C7H14ClN3O. The van der Waals surface area contributed by atoms with Crippen LogP contribution < -0.4 is 5.73 Å². The van der Waals surface area contributed by atoms with Crippen molar-refractivity contribution in [2.75, 3.05) is 0 Å². The molecule has 0 aliphatic rings. The van der Waals surface area contributed by atoms with E-state index < -0.39 is 0 Å². The molecule has 0 spiro atoms. The van der Waals surface area contributed by atoms with Gasteiger partial charge in [-0.1, -0.05) is 19.0 Å². The number of hydrogen-bond acceptors (Lipinski definition) is 4. The van der Waals surface area contributed by atoms with Gasteiger partial charge < -0.3 is 10.3 Å². The number of halogens is 1. The fourth-order valence-electron chi connectivity index (χ4n) is 0.667. The molecule has 1 atom stereocenters. The van der Waals surface area contributed by atoms with Crippen molar-refractivity contribution in [2.24, 2.45) is 5.73 Å². The molecular weight excluding hydrogens is 178 g/mol. The van der Waals surface area contributed by atoms with E-state index in [1.54, 1.807) is 0 Å². The van der Waals surface area contributed by atoms with Crippen molar-refractivity contribution in [2.45, 2.75) is 32.7 Å². The highest BCUT2D eigenvalue weighted by Gasteiger charge is 2.11. The molecule has 0 fully saturated rings. The van der Waals surface area contributed by atoms with E-state index >= 15 is 0 Å². The average molecular weight is 192 g/mol. The zero-order chi connectivity index (χ0) is 8.43. The number of nitrogens with zero attached hydrogens (tertiary/aromatic N) is 2. The number of nitrogens with two attached hydrogens (primary N) is 1. The number of rotatable bonds is 2. The molecule has 4 nitrogen and oxygen atoms in total. The lowest BCUT2D eigenvalue weighted by Gasteiger charge is -1.94. The lowest BCUT2D eigenvalue weighted by molar-refractivity contribution is 0.359. The van der Waals surface area contributed by atoms with Crippen molar-refractivity contribution in [3.8, 4) is 0 Å². The van der Waals surface area contributed by atoms with Crippen LogP contribution in [0.15, 0.2) is 4.52 Å². The molecule has 0 saturated heterocycles. The molecule has 70 valence electrons. The SMILES string of the molecule is CC(C)c1nc(C(C)N)no1.Cl. The molecule has 1 aromatic heterocycles. The van der Waals surface area contributed by atoms with Gasteiger partial charge >= 0.3 is 0 Å². The summed E-state index contributed by atoms with van der Waals surface area (Å²) < 4.78 is 4.95. The maximum Gasteiger partial charge on any atom is 0.229 e. The zero-order valence-electron chi connectivity index (χ0n) is 7.44. The highest BCUT2D eigenvalue weighted by atomic mass is 35.5. The van der Waals surface area contributed by atoms with Gasteiger partial charge in [-0.3, -0.25) is 0 Å². The summed E-state index contributed by atoms with van der Waals surface area (Å²) in [6, 6.07) is -0.147. The van der Waals surface area contributed by atoms with E-state index in [1.165, 1.54) is 0 Å². The minimum Gasteiger partial charge on any atom is -0.339 e. The van der Waals surface area contributed by atoms with Gasteiger partial charge in [-0.2, -0.15) is 4.98 Å². The Kier molecular flexibility index (Phi) is 4.20. The van der Waals surface area contributed by atoms with Crippen LogP contribution in [0.2, 0.25) is 0 Å². The molecule has 0 bridgehead atoms. The van der Waals surface area contributed by atoms with Gasteiger partial charge in [-0.05, 0) is 6.92 Å². The molecule has 0 aliphatic carbocycles.